The zero-order chi connectivity index (χ0) is 16.8. The van der Waals surface area contributed by atoms with E-state index in [2.05, 4.69) is 19.2 Å². The molecule has 124 valence electrons. The first-order chi connectivity index (χ1) is 10.3. The Hall–Kier alpha value is -1.55. The molecule has 1 amide bonds. The molecule has 4 heteroatoms. The van der Waals surface area contributed by atoms with Gasteiger partial charge in [-0.1, -0.05) is 20.8 Å². The molecule has 1 atom stereocenters. The van der Waals surface area contributed by atoms with Crippen molar-refractivity contribution in [3.63, 3.8) is 0 Å². The fraction of sp³-hybridized carbons (Fsp3) is 0.611. The smallest absolute Gasteiger partial charge is 0.256 e. The summed E-state index contributed by atoms with van der Waals surface area (Å²) in [6.45, 7) is 10.6. The number of anilines is 1. The Morgan fingerprint density at radius 1 is 1.36 bits per heavy atom. The molecule has 0 bridgehead atoms. The molecule has 22 heavy (non-hydrogen) atoms. The van der Waals surface area contributed by atoms with Crippen molar-refractivity contribution in [2.75, 3.05) is 19.0 Å². The Labute approximate surface area is 134 Å². The summed E-state index contributed by atoms with van der Waals surface area (Å²) in [5.41, 5.74) is 0.941. The van der Waals surface area contributed by atoms with E-state index in [4.69, 9.17) is 9.47 Å². The average molecular weight is 307 g/mol. The highest BCUT2D eigenvalue weighted by Gasteiger charge is 2.34. The number of ether oxygens (including phenoxy) is 2. The van der Waals surface area contributed by atoms with Crippen LogP contribution in [0, 0.1) is 12.8 Å². The summed E-state index contributed by atoms with van der Waals surface area (Å²) in [6.07, 6.45) is 1.58. The number of carbonyl (C=O) groups excluding carboxylic acids is 1. The molecule has 1 rings (SSSR count). The molecule has 0 radical (unpaired) electrons. The van der Waals surface area contributed by atoms with Crippen molar-refractivity contribution in [2.45, 2.75) is 53.1 Å². The van der Waals surface area contributed by atoms with Crippen molar-refractivity contribution in [3.8, 4) is 5.75 Å². The molecule has 0 heterocycles. The summed E-state index contributed by atoms with van der Waals surface area (Å²) in [4.78, 5) is 12.7. The number of carbonyl (C=O) groups is 1. The van der Waals surface area contributed by atoms with E-state index in [9.17, 15) is 4.79 Å². The Kier molecular flexibility index (Phi) is 6.88. The quantitative estimate of drug-likeness (QED) is 0.784. The summed E-state index contributed by atoms with van der Waals surface area (Å²) >= 11 is 0. The lowest BCUT2D eigenvalue weighted by molar-refractivity contribution is -0.141. The predicted octanol–water partition coefficient (Wildman–Crippen LogP) is 4.17. The minimum absolute atomic E-state index is 0.0979. The van der Waals surface area contributed by atoms with Gasteiger partial charge in [0.05, 0.1) is 7.11 Å². The van der Waals surface area contributed by atoms with Crippen LogP contribution in [-0.2, 0) is 9.53 Å². The highest BCUT2D eigenvalue weighted by atomic mass is 16.5. The maximum absolute atomic E-state index is 12.7. The van der Waals surface area contributed by atoms with Gasteiger partial charge in [0.2, 0.25) is 0 Å². The number of benzene rings is 1. The van der Waals surface area contributed by atoms with E-state index in [1.807, 2.05) is 39.0 Å². The maximum atomic E-state index is 12.7. The van der Waals surface area contributed by atoms with Crippen LogP contribution in [0.3, 0.4) is 0 Å². The lowest BCUT2D eigenvalue weighted by Gasteiger charge is -2.30. The first-order valence-corrected chi connectivity index (χ1v) is 7.92. The lowest BCUT2D eigenvalue weighted by Crippen LogP contribution is -2.44. The van der Waals surface area contributed by atoms with E-state index in [-0.39, 0.29) is 5.91 Å². The van der Waals surface area contributed by atoms with Gasteiger partial charge in [-0.15, -0.1) is 0 Å². The molecule has 0 unspecified atom stereocenters. The summed E-state index contributed by atoms with van der Waals surface area (Å²) in [5.74, 6) is 1.09. The largest absolute Gasteiger partial charge is 0.496 e. The van der Waals surface area contributed by atoms with E-state index in [0.29, 0.717) is 18.9 Å². The number of hydrogen-bond acceptors (Lipinski definition) is 3. The van der Waals surface area contributed by atoms with Crippen LogP contribution in [-0.4, -0.2) is 25.2 Å². The van der Waals surface area contributed by atoms with Gasteiger partial charge >= 0.3 is 0 Å². The first-order valence-electron chi connectivity index (χ1n) is 7.92. The summed E-state index contributed by atoms with van der Waals surface area (Å²) in [6, 6.07) is 5.61. The number of rotatable bonds is 8. The highest BCUT2D eigenvalue weighted by molar-refractivity contribution is 5.97. The molecule has 0 saturated heterocycles. The zero-order valence-electron chi connectivity index (χ0n) is 14.7. The molecule has 1 N–H and O–H groups in total. The second-order valence-corrected chi connectivity index (χ2v) is 6.32. The molecule has 0 aliphatic carbocycles. The van der Waals surface area contributed by atoms with Gasteiger partial charge in [-0.05, 0) is 56.4 Å². The Bertz CT molecular complexity index is 499. The molecule has 4 nitrogen and oxygen atoms in total. The van der Waals surface area contributed by atoms with Gasteiger partial charge in [0.25, 0.3) is 5.91 Å². The zero-order valence-corrected chi connectivity index (χ0v) is 14.7. The molecule has 0 aliphatic rings. The second-order valence-electron chi connectivity index (χ2n) is 6.32. The van der Waals surface area contributed by atoms with E-state index >= 15 is 0 Å². The van der Waals surface area contributed by atoms with Gasteiger partial charge in [-0.25, -0.2) is 0 Å². The second kappa shape index (κ2) is 8.18. The fourth-order valence-electron chi connectivity index (χ4n) is 2.54. The molecule has 0 aromatic heterocycles. The van der Waals surface area contributed by atoms with Crippen LogP contribution in [0.1, 0.15) is 46.1 Å². The maximum Gasteiger partial charge on any atom is 0.256 e. The van der Waals surface area contributed by atoms with Crippen molar-refractivity contribution in [3.05, 3.63) is 23.8 Å². The molecule has 0 fully saturated rings. The van der Waals surface area contributed by atoms with Gasteiger partial charge in [-0.3, -0.25) is 4.79 Å². The van der Waals surface area contributed by atoms with E-state index in [1.165, 1.54) is 0 Å². The van der Waals surface area contributed by atoms with Crippen molar-refractivity contribution in [1.82, 2.24) is 0 Å². The lowest BCUT2D eigenvalue weighted by atomic mass is 9.93. The summed E-state index contributed by atoms with van der Waals surface area (Å²) < 4.78 is 11.1. The van der Waals surface area contributed by atoms with Crippen LogP contribution in [0.4, 0.5) is 5.69 Å². The van der Waals surface area contributed by atoms with E-state index in [1.54, 1.807) is 7.11 Å². The molecule has 1 aromatic rings. The Morgan fingerprint density at radius 2 is 2.05 bits per heavy atom. The average Bonchev–Trinajstić information content (AvgIpc) is 2.44. The van der Waals surface area contributed by atoms with Crippen LogP contribution in [0.2, 0.25) is 0 Å². The number of aryl methyl sites for hydroxylation is 1. The fourth-order valence-corrected chi connectivity index (χ4v) is 2.54. The van der Waals surface area contributed by atoms with Gasteiger partial charge in [-0.2, -0.15) is 0 Å². The van der Waals surface area contributed by atoms with Crippen LogP contribution in [0.15, 0.2) is 18.2 Å². The molecule has 0 aliphatic heterocycles. The molecular weight excluding hydrogens is 278 g/mol. The number of methoxy groups -OCH3 is 1. The van der Waals surface area contributed by atoms with Gasteiger partial charge in [0, 0.05) is 12.3 Å². The van der Waals surface area contributed by atoms with E-state index in [0.717, 1.165) is 23.4 Å². The third-order valence-electron chi connectivity index (χ3n) is 3.56. The molecular formula is C18H29NO3. The SMILES string of the molecule is CCCO[C@@](C)(CC(C)C)C(=O)Nc1ccc(OC)c(C)c1. The standard InChI is InChI=1S/C18H29NO3/c1-7-10-22-18(5,12-13(2)3)17(20)19-15-8-9-16(21-6)14(4)11-15/h8-9,11,13H,7,10,12H2,1-6H3,(H,19,20)/t18-/m0/s1. The van der Waals surface area contributed by atoms with Crippen molar-refractivity contribution in [1.29, 1.82) is 0 Å². The monoisotopic (exact) mass is 307 g/mol. The summed E-state index contributed by atoms with van der Waals surface area (Å²) in [7, 11) is 1.64. The van der Waals surface area contributed by atoms with Crippen molar-refractivity contribution < 1.29 is 14.3 Å². The Balaban J connectivity index is 2.88. The normalized spacial score (nSPS) is 13.8. The molecule has 1 aromatic carbocycles. The van der Waals surface area contributed by atoms with Crippen molar-refractivity contribution >= 4 is 11.6 Å². The molecule has 0 spiro atoms. The number of nitrogens with one attached hydrogen (secondary N) is 1. The minimum atomic E-state index is -0.808. The topological polar surface area (TPSA) is 47.6 Å². The van der Waals surface area contributed by atoms with Gasteiger partial charge < -0.3 is 14.8 Å². The number of hydrogen-bond donors (Lipinski definition) is 1. The van der Waals surface area contributed by atoms with Crippen LogP contribution in [0.5, 0.6) is 5.75 Å². The number of amides is 1. The van der Waals surface area contributed by atoms with E-state index < -0.39 is 5.60 Å². The first kappa shape index (κ1) is 18.5. The van der Waals surface area contributed by atoms with Crippen molar-refractivity contribution in [2.24, 2.45) is 5.92 Å². The molecule has 0 saturated carbocycles. The third kappa shape index (κ3) is 5.02. The third-order valence-corrected chi connectivity index (χ3v) is 3.56. The Morgan fingerprint density at radius 3 is 2.55 bits per heavy atom. The van der Waals surface area contributed by atoms with Crippen LogP contribution >= 0.6 is 0 Å². The highest BCUT2D eigenvalue weighted by Crippen LogP contribution is 2.26. The minimum Gasteiger partial charge on any atom is -0.496 e. The van der Waals surface area contributed by atoms with Gasteiger partial charge in [0.1, 0.15) is 11.4 Å². The summed E-state index contributed by atoms with van der Waals surface area (Å²) in [5, 5.41) is 2.97. The van der Waals surface area contributed by atoms with Crippen LogP contribution < -0.4 is 10.1 Å². The van der Waals surface area contributed by atoms with Crippen LogP contribution in [0.25, 0.3) is 0 Å². The predicted molar refractivity (Wildman–Crippen MR) is 90.5 cm³/mol. The van der Waals surface area contributed by atoms with Gasteiger partial charge in [0.15, 0.2) is 0 Å².